The molecule has 1 unspecified atom stereocenters. The first-order valence-electron chi connectivity index (χ1n) is 6.26. The van der Waals surface area contributed by atoms with Crippen LogP contribution in [-0.2, 0) is 4.74 Å². The van der Waals surface area contributed by atoms with Crippen molar-refractivity contribution in [3.05, 3.63) is 29.3 Å². The van der Waals surface area contributed by atoms with Crippen LogP contribution in [0.5, 0.6) is 5.75 Å². The summed E-state index contributed by atoms with van der Waals surface area (Å²) >= 11 is 0. The number of nitrogens with one attached hydrogen (secondary N) is 2. The predicted octanol–water partition coefficient (Wildman–Crippen LogP) is 0.692. The molecule has 0 aromatic heterocycles. The second-order valence-corrected chi connectivity index (χ2v) is 4.34. The van der Waals surface area contributed by atoms with Crippen molar-refractivity contribution in [1.82, 2.24) is 10.6 Å². The molecule has 0 radical (unpaired) electrons. The second kappa shape index (κ2) is 6.62. The summed E-state index contributed by atoms with van der Waals surface area (Å²) < 4.78 is 37.3. The van der Waals surface area contributed by atoms with Crippen LogP contribution in [-0.4, -0.2) is 45.4 Å². The average molecular weight is 286 g/mol. The molecule has 1 atom stereocenters. The van der Waals surface area contributed by atoms with Gasteiger partial charge >= 0.3 is 0 Å². The molecular formula is C13H16F2N2O3. The normalized spacial score (nSPS) is 18.6. The molecule has 7 heteroatoms. The van der Waals surface area contributed by atoms with Crippen molar-refractivity contribution >= 4 is 5.91 Å². The molecule has 110 valence electrons. The van der Waals surface area contributed by atoms with Crippen molar-refractivity contribution < 1.29 is 23.0 Å². The van der Waals surface area contributed by atoms with Gasteiger partial charge in [0.15, 0.2) is 11.6 Å². The van der Waals surface area contributed by atoms with E-state index in [4.69, 9.17) is 9.47 Å². The molecule has 1 aliphatic heterocycles. The summed E-state index contributed by atoms with van der Waals surface area (Å²) in [5.74, 6) is -2.74. The van der Waals surface area contributed by atoms with Gasteiger partial charge in [-0.15, -0.1) is 0 Å². The third kappa shape index (κ3) is 3.23. The molecule has 1 heterocycles. The van der Waals surface area contributed by atoms with E-state index in [1.165, 1.54) is 7.11 Å². The Morgan fingerprint density at radius 2 is 2.25 bits per heavy atom. The number of morpholine rings is 1. The van der Waals surface area contributed by atoms with E-state index in [-0.39, 0.29) is 12.6 Å². The highest BCUT2D eigenvalue weighted by Crippen LogP contribution is 2.25. The number of carbonyl (C=O) groups is 1. The van der Waals surface area contributed by atoms with Crippen molar-refractivity contribution in [3.8, 4) is 5.75 Å². The lowest BCUT2D eigenvalue weighted by atomic mass is 10.1. The molecule has 1 fully saturated rings. The maximum atomic E-state index is 13.7. The molecule has 2 rings (SSSR count). The van der Waals surface area contributed by atoms with Crippen molar-refractivity contribution in [2.45, 2.75) is 6.10 Å². The van der Waals surface area contributed by atoms with Gasteiger partial charge in [0.2, 0.25) is 0 Å². The zero-order chi connectivity index (χ0) is 14.5. The largest absolute Gasteiger partial charge is 0.493 e. The molecule has 1 aliphatic rings. The molecule has 0 spiro atoms. The summed E-state index contributed by atoms with van der Waals surface area (Å²) in [5.41, 5.74) is -0.434. The van der Waals surface area contributed by atoms with Crippen LogP contribution >= 0.6 is 0 Å². The summed E-state index contributed by atoms with van der Waals surface area (Å²) in [5, 5.41) is 5.63. The predicted molar refractivity (Wildman–Crippen MR) is 67.9 cm³/mol. The molecule has 1 saturated heterocycles. The Morgan fingerprint density at radius 3 is 2.90 bits per heavy atom. The van der Waals surface area contributed by atoms with E-state index in [2.05, 4.69) is 10.6 Å². The Kier molecular flexibility index (Phi) is 4.86. The number of rotatable bonds is 4. The molecular weight excluding hydrogens is 270 g/mol. The number of amides is 1. The van der Waals surface area contributed by atoms with Gasteiger partial charge in [-0.3, -0.25) is 4.79 Å². The Labute approximate surface area is 115 Å². The monoisotopic (exact) mass is 286 g/mol. The molecule has 1 aromatic carbocycles. The van der Waals surface area contributed by atoms with Gasteiger partial charge in [0.1, 0.15) is 11.4 Å². The van der Waals surface area contributed by atoms with Crippen LogP contribution in [0.3, 0.4) is 0 Å². The molecule has 1 aromatic rings. The van der Waals surface area contributed by atoms with Crippen LogP contribution < -0.4 is 15.4 Å². The minimum absolute atomic E-state index is 0.185. The smallest absolute Gasteiger partial charge is 0.258 e. The Hall–Kier alpha value is -1.73. The first-order valence-corrected chi connectivity index (χ1v) is 6.26. The summed E-state index contributed by atoms with van der Waals surface area (Å²) in [6.45, 7) is 2.13. The Bertz CT molecular complexity index is 491. The lowest BCUT2D eigenvalue weighted by Gasteiger charge is -2.23. The number of methoxy groups -OCH3 is 1. The molecule has 5 nitrogen and oxygen atoms in total. The van der Waals surface area contributed by atoms with Gasteiger partial charge in [-0.05, 0) is 12.1 Å². The fourth-order valence-electron chi connectivity index (χ4n) is 1.99. The van der Waals surface area contributed by atoms with Crippen LogP contribution in [0.1, 0.15) is 10.4 Å². The van der Waals surface area contributed by atoms with Gasteiger partial charge in [0.05, 0.1) is 19.8 Å². The van der Waals surface area contributed by atoms with Crippen molar-refractivity contribution in [1.29, 1.82) is 0 Å². The van der Waals surface area contributed by atoms with E-state index in [0.717, 1.165) is 18.7 Å². The standard InChI is InChI=1S/C13H16F2N2O3/c1-19-12-10(15)3-2-9(14)11(12)13(18)17-7-8-6-16-4-5-20-8/h2-3,8,16H,4-7H2,1H3,(H,17,18). The van der Waals surface area contributed by atoms with E-state index in [1.807, 2.05) is 0 Å². The summed E-state index contributed by atoms with van der Waals surface area (Å²) in [4.78, 5) is 12.0. The Morgan fingerprint density at radius 1 is 1.50 bits per heavy atom. The van der Waals surface area contributed by atoms with Gasteiger partial charge in [-0.1, -0.05) is 0 Å². The van der Waals surface area contributed by atoms with E-state index in [1.54, 1.807) is 0 Å². The van der Waals surface area contributed by atoms with Gasteiger partial charge in [0, 0.05) is 19.6 Å². The van der Waals surface area contributed by atoms with Crippen molar-refractivity contribution in [2.24, 2.45) is 0 Å². The molecule has 1 amide bonds. The quantitative estimate of drug-likeness (QED) is 0.855. The zero-order valence-electron chi connectivity index (χ0n) is 11.0. The average Bonchev–Trinajstić information content (AvgIpc) is 2.48. The van der Waals surface area contributed by atoms with Crippen LogP contribution in [0.25, 0.3) is 0 Å². The topological polar surface area (TPSA) is 59.6 Å². The van der Waals surface area contributed by atoms with Gasteiger partial charge in [-0.25, -0.2) is 8.78 Å². The number of hydrogen-bond acceptors (Lipinski definition) is 4. The minimum atomic E-state index is -0.830. The zero-order valence-corrected chi connectivity index (χ0v) is 11.0. The fourth-order valence-corrected chi connectivity index (χ4v) is 1.99. The number of benzene rings is 1. The second-order valence-electron chi connectivity index (χ2n) is 4.34. The highest BCUT2D eigenvalue weighted by molar-refractivity contribution is 5.97. The van der Waals surface area contributed by atoms with Crippen LogP contribution in [0, 0.1) is 11.6 Å². The van der Waals surface area contributed by atoms with E-state index in [0.29, 0.717) is 13.2 Å². The minimum Gasteiger partial charge on any atom is -0.493 e. The third-order valence-electron chi connectivity index (χ3n) is 2.98. The lowest BCUT2D eigenvalue weighted by molar-refractivity contribution is 0.0286. The van der Waals surface area contributed by atoms with Crippen molar-refractivity contribution in [2.75, 3.05) is 33.4 Å². The first-order chi connectivity index (χ1) is 9.63. The van der Waals surface area contributed by atoms with Gasteiger partial charge < -0.3 is 20.1 Å². The van der Waals surface area contributed by atoms with Crippen LogP contribution in [0.15, 0.2) is 12.1 Å². The first kappa shape index (κ1) is 14.7. The molecule has 0 saturated carbocycles. The van der Waals surface area contributed by atoms with Gasteiger partial charge in [-0.2, -0.15) is 0 Å². The van der Waals surface area contributed by atoms with Crippen LogP contribution in [0.2, 0.25) is 0 Å². The van der Waals surface area contributed by atoms with Gasteiger partial charge in [0.25, 0.3) is 5.91 Å². The molecule has 20 heavy (non-hydrogen) atoms. The van der Waals surface area contributed by atoms with E-state index < -0.39 is 28.9 Å². The number of carbonyl (C=O) groups excluding carboxylic acids is 1. The number of halogens is 2. The third-order valence-corrected chi connectivity index (χ3v) is 2.98. The van der Waals surface area contributed by atoms with E-state index >= 15 is 0 Å². The summed E-state index contributed by atoms with van der Waals surface area (Å²) in [7, 11) is 1.18. The summed E-state index contributed by atoms with van der Waals surface area (Å²) in [6.07, 6.45) is -0.185. The Balaban J connectivity index is 2.06. The fraction of sp³-hybridized carbons (Fsp3) is 0.462. The molecule has 2 N–H and O–H groups in total. The molecule has 0 aliphatic carbocycles. The maximum absolute atomic E-state index is 13.7. The van der Waals surface area contributed by atoms with E-state index in [9.17, 15) is 13.6 Å². The number of ether oxygens (including phenoxy) is 2. The lowest BCUT2D eigenvalue weighted by Crippen LogP contribution is -2.45. The maximum Gasteiger partial charge on any atom is 0.258 e. The SMILES string of the molecule is COc1c(F)ccc(F)c1C(=O)NCC1CNCCO1. The highest BCUT2D eigenvalue weighted by atomic mass is 19.1. The highest BCUT2D eigenvalue weighted by Gasteiger charge is 2.22. The van der Waals surface area contributed by atoms with Crippen molar-refractivity contribution in [3.63, 3.8) is 0 Å². The van der Waals surface area contributed by atoms with Crippen LogP contribution in [0.4, 0.5) is 8.78 Å². The molecule has 0 bridgehead atoms. The summed E-state index contributed by atoms with van der Waals surface area (Å²) in [6, 6.07) is 1.81. The number of hydrogen-bond donors (Lipinski definition) is 2.